The first-order valence-electron chi connectivity index (χ1n) is 8.00. The number of thioether (sulfide) groups is 1. The number of halogens is 4. The number of nitrogens with two attached hydrogens (primary N) is 1. The number of thiazole rings is 1. The number of nitrogens with one attached hydrogen (secondary N) is 1. The van der Waals surface area contributed by atoms with Crippen molar-refractivity contribution in [3.8, 4) is 17.0 Å². The molecular weight excluding hydrogens is 430 g/mol. The molecule has 0 fully saturated rings. The summed E-state index contributed by atoms with van der Waals surface area (Å²) >= 11 is 2.36. The van der Waals surface area contributed by atoms with Gasteiger partial charge in [-0.05, 0) is 48.5 Å². The van der Waals surface area contributed by atoms with Gasteiger partial charge in [0.15, 0.2) is 4.34 Å². The van der Waals surface area contributed by atoms with Crippen molar-refractivity contribution in [2.24, 2.45) is 0 Å². The summed E-state index contributed by atoms with van der Waals surface area (Å²) in [4.78, 5) is 16.4. The van der Waals surface area contributed by atoms with Crippen LogP contribution in [0.1, 0.15) is 0 Å². The average Bonchev–Trinajstić information content (AvgIpc) is 3.02. The van der Waals surface area contributed by atoms with Gasteiger partial charge < -0.3 is 15.8 Å². The van der Waals surface area contributed by atoms with Crippen LogP contribution in [0.3, 0.4) is 0 Å². The molecule has 0 aliphatic carbocycles. The number of carbonyl (C=O) groups excluding carboxylic acids is 1. The minimum absolute atomic E-state index is 0.0244. The topological polar surface area (TPSA) is 77.2 Å². The number of hydrogen-bond donors (Lipinski definition) is 2. The molecule has 1 heterocycles. The molecule has 0 atom stereocenters. The summed E-state index contributed by atoms with van der Waals surface area (Å²) in [5.74, 6) is -1.09. The third-order valence-corrected chi connectivity index (χ3v) is 5.48. The smallest absolute Gasteiger partial charge is 0.406 e. The van der Waals surface area contributed by atoms with E-state index in [1.165, 1.54) is 35.6 Å². The molecule has 0 radical (unpaired) electrons. The lowest BCUT2D eigenvalue weighted by molar-refractivity contribution is -0.274. The molecule has 0 aliphatic heterocycles. The van der Waals surface area contributed by atoms with E-state index in [0.717, 1.165) is 23.9 Å². The predicted octanol–water partition coefficient (Wildman–Crippen LogP) is 5.16. The molecule has 29 heavy (non-hydrogen) atoms. The lowest BCUT2D eigenvalue weighted by Gasteiger charge is -2.09. The van der Waals surface area contributed by atoms with Crippen molar-refractivity contribution in [2.45, 2.75) is 10.7 Å². The Morgan fingerprint density at radius 2 is 1.79 bits per heavy atom. The normalized spacial score (nSPS) is 11.3. The number of aromatic nitrogens is 1. The van der Waals surface area contributed by atoms with Crippen molar-refractivity contribution in [3.63, 3.8) is 0 Å². The van der Waals surface area contributed by atoms with Crippen molar-refractivity contribution in [1.29, 1.82) is 0 Å². The summed E-state index contributed by atoms with van der Waals surface area (Å²) in [6.45, 7) is 0. The standard InChI is InChI=1S/C18H13F4N3O2S2/c19-11-3-1-10(2-4-11)15-16(23)29-17(25-15)28-9-14(26)24-12-5-7-13(8-6-12)27-18(20,21)22/h1-8H,9,23H2,(H,24,26). The summed E-state index contributed by atoms with van der Waals surface area (Å²) in [7, 11) is 0. The van der Waals surface area contributed by atoms with Gasteiger partial charge >= 0.3 is 6.36 Å². The fraction of sp³-hybridized carbons (Fsp3) is 0.111. The van der Waals surface area contributed by atoms with E-state index >= 15 is 0 Å². The van der Waals surface area contributed by atoms with Crippen LogP contribution >= 0.6 is 23.1 Å². The van der Waals surface area contributed by atoms with Gasteiger partial charge in [-0.15, -0.1) is 13.2 Å². The molecule has 5 nitrogen and oxygen atoms in total. The molecular formula is C18H13F4N3O2S2. The Morgan fingerprint density at radius 3 is 2.41 bits per heavy atom. The van der Waals surface area contributed by atoms with E-state index in [0.29, 0.717) is 26.3 Å². The minimum atomic E-state index is -4.77. The largest absolute Gasteiger partial charge is 0.573 e. The maximum absolute atomic E-state index is 13.0. The lowest BCUT2D eigenvalue weighted by atomic mass is 10.2. The summed E-state index contributed by atoms with van der Waals surface area (Å²) in [6.07, 6.45) is -4.77. The summed E-state index contributed by atoms with van der Waals surface area (Å²) < 4.78 is 53.8. The van der Waals surface area contributed by atoms with Gasteiger partial charge in [-0.3, -0.25) is 4.79 Å². The van der Waals surface area contributed by atoms with Crippen LogP contribution in [0.25, 0.3) is 11.3 Å². The van der Waals surface area contributed by atoms with E-state index < -0.39 is 6.36 Å². The van der Waals surface area contributed by atoms with Crippen molar-refractivity contribution in [3.05, 3.63) is 54.3 Å². The molecule has 3 rings (SSSR count). The van der Waals surface area contributed by atoms with Crippen LogP contribution in [-0.2, 0) is 4.79 Å². The highest BCUT2D eigenvalue weighted by Gasteiger charge is 2.30. The summed E-state index contributed by atoms with van der Waals surface area (Å²) in [5, 5.41) is 3.01. The van der Waals surface area contributed by atoms with Gasteiger partial charge in [0, 0.05) is 11.3 Å². The van der Waals surface area contributed by atoms with Crippen LogP contribution in [-0.4, -0.2) is 23.0 Å². The van der Waals surface area contributed by atoms with Crippen molar-refractivity contribution >= 4 is 39.7 Å². The van der Waals surface area contributed by atoms with E-state index in [1.807, 2.05) is 0 Å². The number of rotatable bonds is 6. The van der Waals surface area contributed by atoms with E-state index in [4.69, 9.17) is 5.73 Å². The van der Waals surface area contributed by atoms with E-state index in [2.05, 4.69) is 15.0 Å². The second-order valence-corrected chi connectivity index (χ2v) is 7.86. The van der Waals surface area contributed by atoms with Crippen molar-refractivity contribution in [2.75, 3.05) is 16.8 Å². The Balaban J connectivity index is 1.56. The van der Waals surface area contributed by atoms with Gasteiger partial charge in [-0.2, -0.15) is 0 Å². The van der Waals surface area contributed by atoms with Gasteiger partial charge in [0.1, 0.15) is 22.3 Å². The first-order valence-corrected chi connectivity index (χ1v) is 9.80. The number of nitrogens with zero attached hydrogens (tertiary/aromatic N) is 1. The number of benzene rings is 2. The number of nitrogen functional groups attached to an aromatic ring is 1. The molecule has 3 aromatic rings. The van der Waals surface area contributed by atoms with E-state index in [9.17, 15) is 22.4 Å². The van der Waals surface area contributed by atoms with Crippen molar-refractivity contribution in [1.82, 2.24) is 4.98 Å². The molecule has 2 aromatic carbocycles. The number of ether oxygens (including phenoxy) is 1. The maximum atomic E-state index is 13.0. The third kappa shape index (κ3) is 6.09. The average molecular weight is 443 g/mol. The quantitative estimate of drug-likeness (QED) is 0.407. The fourth-order valence-electron chi connectivity index (χ4n) is 2.25. The van der Waals surface area contributed by atoms with Gasteiger partial charge in [-0.1, -0.05) is 23.1 Å². The van der Waals surface area contributed by atoms with Crippen LogP contribution in [0.4, 0.5) is 28.3 Å². The molecule has 0 spiro atoms. The molecule has 152 valence electrons. The number of anilines is 2. The molecule has 0 bridgehead atoms. The monoisotopic (exact) mass is 443 g/mol. The molecule has 0 aliphatic rings. The van der Waals surface area contributed by atoms with Gasteiger partial charge in [0.2, 0.25) is 5.91 Å². The Hall–Kier alpha value is -2.79. The Labute approximate surface area is 170 Å². The van der Waals surface area contributed by atoms with Gasteiger partial charge in [-0.25, -0.2) is 9.37 Å². The number of hydrogen-bond acceptors (Lipinski definition) is 6. The summed E-state index contributed by atoms with van der Waals surface area (Å²) in [6, 6.07) is 10.6. The Bertz CT molecular complexity index is 990. The molecule has 0 saturated heterocycles. The van der Waals surface area contributed by atoms with Crippen LogP contribution in [0, 0.1) is 5.82 Å². The van der Waals surface area contributed by atoms with E-state index in [1.54, 1.807) is 12.1 Å². The number of alkyl halides is 3. The number of carbonyl (C=O) groups is 1. The lowest BCUT2D eigenvalue weighted by Crippen LogP contribution is -2.17. The predicted molar refractivity (Wildman–Crippen MR) is 104 cm³/mol. The maximum Gasteiger partial charge on any atom is 0.573 e. The highest BCUT2D eigenvalue weighted by molar-refractivity contribution is 8.01. The SMILES string of the molecule is Nc1sc(SCC(=O)Nc2ccc(OC(F)(F)F)cc2)nc1-c1ccc(F)cc1. The Morgan fingerprint density at radius 1 is 1.14 bits per heavy atom. The van der Waals surface area contributed by atoms with Gasteiger partial charge in [0.05, 0.1) is 5.75 Å². The zero-order valence-electron chi connectivity index (χ0n) is 14.5. The second kappa shape index (κ2) is 8.70. The zero-order valence-corrected chi connectivity index (χ0v) is 16.1. The molecule has 1 amide bonds. The Kier molecular flexibility index (Phi) is 6.28. The minimum Gasteiger partial charge on any atom is -0.406 e. The number of amides is 1. The van der Waals surface area contributed by atoms with Crippen LogP contribution < -0.4 is 15.8 Å². The highest BCUT2D eigenvalue weighted by atomic mass is 32.2. The third-order valence-electron chi connectivity index (χ3n) is 3.45. The van der Waals surface area contributed by atoms with Crippen LogP contribution in [0.2, 0.25) is 0 Å². The first kappa shape index (κ1) is 20.9. The second-order valence-electron chi connectivity index (χ2n) is 5.61. The first-order chi connectivity index (χ1) is 13.7. The van der Waals surface area contributed by atoms with Gasteiger partial charge in [0.25, 0.3) is 0 Å². The van der Waals surface area contributed by atoms with E-state index in [-0.39, 0.29) is 23.2 Å². The summed E-state index contributed by atoms with van der Waals surface area (Å²) in [5.41, 5.74) is 7.46. The zero-order chi connectivity index (χ0) is 21.0. The molecule has 3 N–H and O–H groups in total. The van der Waals surface area contributed by atoms with Crippen LogP contribution in [0.5, 0.6) is 5.75 Å². The van der Waals surface area contributed by atoms with Crippen molar-refractivity contribution < 1.29 is 27.1 Å². The van der Waals surface area contributed by atoms with Crippen LogP contribution in [0.15, 0.2) is 52.9 Å². The molecule has 0 saturated carbocycles. The fourth-order valence-corrected chi connectivity index (χ4v) is 4.00. The highest BCUT2D eigenvalue weighted by Crippen LogP contribution is 2.35. The molecule has 11 heteroatoms. The molecule has 1 aromatic heterocycles. The molecule has 0 unspecified atom stereocenters.